The number of carboxylic acids is 1. The molecule has 3 rings (SSSR count). The van der Waals surface area contributed by atoms with Gasteiger partial charge in [-0.25, -0.2) is 0 Å². The summed E-state index contributed by atoms with van der Waals surface area (Å²) in [5.74, 6) is 0.153. The van der Waals surface area contributed by atoms with Crippen molar-refractivity contribution in [1.29, 1.82) is 0 Å². The summed E-state index contributed by atoms with van der Waals surface area (Å²) in [5.41, 5.74) is 1.82. The predicted octanol–water partition coefficient (Wildman–Crippen LogP) is 0.468. The third-order valence-electron chi connectivity index (χ3n) is 4.99. The monoisotopic (exact) mass is 351 g/mol. The molecule has 1 aromatic rings. The van der Waals surface area contributed by atoms with Crippen LogP contribution in [0.2, 0.25) is 0 Å². The van der Waals surface area contributed by atoms with Gasteiger partial charge in [-0.05, 0) is 20.3 Å². The van der Waals surface area contributed by atoms with E-state index >= 15 is 0 Å². The summed E-state index contributed by atoms with van der Waals surface area (Å²) in [6.07, 6.45) is 0.999. The minimum Gasteiger partial charge on any atom is -0.480 e. The zero-order chi connectivity index (χ0) is 18.0. The van der Waals surface area contributed by atoms with Crippen molar-refractivity contribution in [2.24, 2.45) is 5.92 Å². The van der Waals surface area contributed by atoms with Crippen molar-refractivity contribution in [1.82, 2.24) is 15.0 Å². The van der Waals surface area contributed by atoms with Crippen LogP contribution >= 0.6 is 0 Å². The van der Waals surface area contributed by atoms with E-state index in [1.165, 1.54) is 0 Å². The van der Waals surface area contributed by atoms with E-state index in [2.05, 4.69) is 5.16 Å². The maximum atomic E-state index is 12.8. The summed E-state index contributed by atoms with van der Waals surface area (Å²) < 4.78 is 10.8. The maximum Gasteiger partial charge on any atom is 0.317 e. The molecule has 2 aliphatic rings. The van der Waals surface area contributed by atoms with Gasteiger partial charge in [0.15, 0.2) is 0 Å². The Kier molecular flexibility index (Phi) is 5.39. The molecule has 0 spiro atoms. The molecule has 2 bridgehead atoms. The SMILES string of the molecule is Cc1noc(C)c1CCC(=O)N1C[C@H]2COC[C@@H]1CN(CC(=O)O)C2. The quantitative estimate of drug-likeness (QED) is 0.823. The zero-order valence-electron chi connectivity index (χ0n) is 14.7. The van der Waals surface area contributed by atoms with Gasteiger partial charge in [-0.15, -0.1) is 0 Å². The fraction of sp³-hybridized carbons (Fsp3) is 0.706. The molecule has 1 amide bonds. The molecule has 2 saturated heterocycles. The molecular formula is C17H25N3O5. The van der Waals surface area contributed by atoms with Gasteiger partial charge < -0.3 is 19.3 Å². The number of rotatable bonds is 5. The van der Waals surface area contributed by atoms with Gasteiger partial charge in [0.25, 0.3) is 0 Å². The maximum absolute atomic E-state index is 12.8. The molecule has 0 aliphatic carbocycles. The standard InChI is InChI=1S/C17H25N3O5/c1-11-15(12(2)25-18-11)3-4-16(21)20-6-13-5-19(8-17(22)23)7-14(20)10-24-9-13/h13-14H,3-10H2,1-2H3,(H,22,23)/t13-,14-/m0/s1. The van der Waals surface area contributed by atoms with Crippen molar-refractivity contribution >= 4 is 11.9 Å². The first-order valence-electron chi connectivity index (χ1n) is 8.67. The van der Waals surface area contributed by atoms with Gasteiger partial charge in [0, 0.05) is 37.5 Å². The predicted molar refractivity (Wildman–Crippen MR) is 88.2 cm³/mol. The summed E-state index contributed by atoms with van der Waals surface area (Å²) in [5, 5.41) is 13.0. The van der Waals surface area contributed by atoms with Gasteiger partial charge >= 0.3 is 5.97 Å². The van der Waals surface area contributed by atoms with Crippen LogP contribution in [0.25, 0.3) is 0 Å². The number of aliphatic carboxylic acids is 1. The van der Waals surface area contributed by atoms with Gasteiger partial charge in [-0.1, -0.05) is 5.16 Å². The Morgan fingerprint density at radius 3 is 2.72 bits per heavy atom. The average molecular weight is 351 g/mol. The first-order chi connectivity index (χ1) is 11.9. The van der Waals surface area contributed by atoms with Crippen LogP contribution in [0.5, 0.6) is 0 Å². The average Bonchev–Trinajstić information content (AvgIpc) is 2.70. The topological polar surface area (TPSA) is 96.1 Å². The van der Waals surface area contributed by atoms with Crippen LogP contribution in [0.4, 0.5) is 0 Å². The van der Waals surface area contributed by atoms with E-state index in [0.29, 0.717) is 45.7 Å². The summed E-state index contributed by atoms with van der Waals surface area (Å²) in [6, 6.07) is -0.0935. The van der Waals surface area contributed by atoms with Crippen molar-refractivity contribution in [3.8, 4) is 0 Å². The van der Waals surface area contributed by atoms with Crippen molar-refractivity contribution in [2.45, 2.75) is 32.7 Å². The highest BCUT2D eigenvalue weighted by molar-refractivity contribution is 5.77. The number of aryl methyl sites for hydroxylation is 2. The number of carboxylic acid groups (broad SMARTS) is 1. The summed E-state index contributed by atoms with van der Waals surface area (Å²) in [4.78, 5) is 27.7. The molecule has 25 heavy (non-hydrogen) atoms. The van der Waals surface area contributed by atoms with E-state index in [4.69, 9.17) is 14.4 Å². The van der Waals surface area contributed by atoms with E-state index < -0.39 is 5.97 Å². The highest BCUT2D eigenvalue weighted by Crippen LogP contribution is 2.22. The second kappa shape index (κ2) is 7.53. The number of amides is 1. The van der Waals surface area contributed by atoms with Crippen molar-refractivity contribution in [2.75, 3.05) is 39.4 Å². The summed E-state index contributed by atoms with van der Waals surface area (Å²) in [7, 11) is 0. The van der Waals surface area contributed by atoms with Crippen LogP contribution < -0.4 is 0 Å². The molecule has 1 aromatic heterocycles. The normalized spacial score (nSPS) is 24.2. The number of fused-ring (bicyclic) bond motifs is 3. The van der Waals surface area contributed by atoms with Crippen molar-refractivity contribution in [3.05, 3.63) is 17.0 Å². The first kappa shape index (κ1) is 17.9. The molecule has 0 radical (unpaired) electrons. The molecule has 8 nitrogen and oxygen atoms in total. The molecule has 2 fully saturated rings. The molecule has 1 N–H and O–H groups in total. The zero-order valence-corrected chi connectivity index (χ0v) is 14.7. The fourth-order valence-electron chi connectivity index (χ4n) is 3.80. The largest absolute Gasteiger partial charge is 0.480 e. The Morgan fingerprint density at radius 1 is 1.24 bits per heavy atom. The summed E-state index contributed by atoms with van der Waals surface area (Å²) in [6.45, 7) is 6.60. The van der Waals surface area contributed by atoms with E-state index in [-0.39, 0.29) is 24.4 Å². The van der Waals surface area contributed by atoms with Crippen LogP contribution in [-0.2, 0) is 20.7 Å². The van der Waals surface area contributed by atoms with Crippen molar-refractivity contribution < 1.29 is 24.0 Å². The Morgan fingerprint density at radius 2 is 2.04 bits per heavy atom. The van der Waals surface area contributed by atoms with Gasteiger partial charge in [0.05, 0.1) is 31.5 Å². The van der Waals surface area contributed by atoms with Crippen LogP contribution in [0.1, 0.15) is 23.4 Å². The lowest BCUT2D eigenvalue weighted by Gasteiger charge is -2.30. The minimum absolute atomic E-state index is 0.00804. The molecule has 2 aliphatic heterocycles. The van der Waals surface area contributed by atoms with Gasteiger partial charge in [0.1, 0.15) is 5.76 Å². The number of hydrogen-bond acceptors (Lipinski definition) is 6. The second-order valence-corrected chi connectivity index (χ2v) is 6.99. The van der Waals surface area contributed by atoms with Gasteiger partial charge in [-0.3, -0.25) is 14.5 Å². The summed E-state index contributed by atoms with van der Waals surface area (Å²) >= 11 is 0. The van der Waals surface area contributed by atoms with Crippen LogP contribution in [0.15, 0.2) is 4.52 Å². The number of hydrogen-bond donors (Lipinski definition) is 1. The highest BCUT2D eigenvalue weighted by Gasteiger charge is 2.36. The van der Waals surface area contributed by atoms with Crippen LogP contribution in [0.3, 0.4) is 0 Å². The van der Waals surface area contributed by atoms with E-state index in [0.717, 1.165) is 17.0 Å². The smallest absolute Gasteiger partial charge is 0.317 e. The molecule has 0 aromatic carbocycles. The molecule has 3 heterocycles. The third-order valence-corrected chi connectivity index (χ3v) is 4.99. The Bertz CT molecular complexity index is 625. The minimum atomic E-state index is -0.836. The first-order valence-corrected chi connectivity index (χ1v) is 8.67. The van der Waals surface area contributed by atoms with E-state index in [1.807, 2.05) is 23.6 Å². The van der Waals surface area contributed by atoms with Crippen molar-refractivity contribution in [3.63, 3.8) is 0 Å². The van der Waals surface area contributed by atoms with Gasteiger partial charge in [0.2, 0.25) is 5.91 Å². The number of carbonyl (C=O) groups is 2. The molecule has 0 saturated carbocycles. The lowest BCUT2D eigenvalue weighted by atomic mass is 10.1. The van der Waals surface area contributed by atoms with Gasteiger partial charge in [-0.2, -0.15) is 0 Å². The third kappa shape index (κ3) is 4.19. The molecule has 0 unspecified atom stereocenters. The Hall–Kier alpha value is -1.93. The number of nitrogens with zero attached hydrogens (tertiary/aromatic N) is 3. The number of aromatic nitrogens is 1. The molecule has 138 valence electrons. The molecule has 2 atom stereocenters. The lowest BCUT2D eigenvalue weighted by Crippen LogP contribution is -2.47. The van der Waals surface area contributed by atoms with Crippen LogP contribution in [-0.4, -0.2) is 77.4 Å². The second-order valence-electron chi connectivity index (χ2n) is 6.99. The Balaban J connectivity index is 1.66. The molecule has 8 heteroatoms. The lowest BCUT2D eigenvalue weighted by molar-refractivity contribution is -0.138. The highest BCUT2D eigenvalue weighted by atomic mass is 16.5. The van der Waals surface area contributed by atoms with E-state index in [1.54, 1.807) is 0 Å². The van der Waals surface area contributed by atoms with E-state index in [9.17, 15) is 9.59 Å². The Labute approximate surface area is 146 Å². The molecular weight excluding hydrogens is 326 g/mol. The van der Waals surface area contributed by atoms with Crippen LogP contribution in [0, 0.1) is 19.8 Å². The number of ether oxygens (including phenoxy) is 1. The fourth-order valence-corrected chi connectivity index (χ4v) is 3.80. The number of carbonyl (C=O) groups excluding carboxylic acids is 1.